The van der Waals surface area contributed by atoms with Crippen LogP contribution in [0.2, 0.25) is 0 Å². The summed E-state index contributed by atoms with van der Waals surface area (Å²) in [5.74, 6) is -3.86. The second-order valence-electron chi connectivity index (χ2n) is 5.62. The first kappa shape index (κ1) is 14.0. The Balaban J connectivity index is 1.74. The minimum Gasteiger partial charge on any atom is -0.480 e. The number of nitrogens with zero attached hydrogens (tertiary/aromatic N) is 1. The van der Waals surface area contributed by atoms with Crippen LogP contribution in [0.1, 0.15) is 30.7 Å². The molecule has 1 amide bonds. The predicted molar refractivity (Wildman–Crippen MR) is 69.6 cm³/mol. The molecule has 0 radical (unpaired) electrons. The van der Waals surface area contributed by atoms with Crippen molar-refractivity contribution >= 4 is 11.9 Å². The Hall–Kier alpha value is -1.98. The third-order valence-corrected chi connectivity index (χ3v) is 4.31. The molecule has 21 heavy (non-hydrogen) atoms. The molecule has 1 heterocycles. The Morgan fingerprint density at radius 3 is 2.76 bits per heavy atom. The maximum Gasteiger partial charge on any atom is 0.326 e. The minimum atomic E-state index is -1.00. The van der Waals surface area contributed by atoms with Gasteiger partial charge in [0.1, 0.15) is 6.04 Å². The van der Waals surface area contributed by atoms with Gasteiger partial charge in [-0.15, -0.1) is 0 Å². The Bertz CT molecular complexity index is 605. The van der Waals surface area contributed by atoms with Crippen molar-refractivity contribution in [3.8, 4) is 0 Å². The van der Waals surface area contributed by atoms with Crippen LogP contribution in [0.3, 0.4) is 0 Å². The highest BCUT2D eigenvalue weighted by Crippen LogP contribution is 2.50. The summed E-state index contributed by atoms with van der Waals surface area (Å²) in [6, 6.07) is 3.16. The second-order valence-corrected chi connectivity index (χ2v) is 5.62. The number of carboxylic acids is 1. The molecule has 112 valence electrons. The summed E-state index contributed by atoms with van der Waals surface area (Å²) in [5, 5.41) is 9.09. The van der Waals surface area contributed by atoms with Crippen molar-refractivity contribution in [2.75, 3.05) is 6.54 Å². The first-order valence-corrected chi connectivity index (χ1v) is 6.98. The fourth-order valence-electron chi connectivity index (χ4n) is 3.12. The van der Waals surface area contributed by atoms with E-state index in [1.165, 1.54) is 17.0 Å². The third-order valence-electron chi connectivity index (χ3n) is 4.31. The van der Waals surface area contributed by atoms with Gasteiger partial charge < -0.3 is 10.0 Å². The van der Waals surface area contributed by atoms with E-state index in [4.69, 9.17) is 5.11 Å². The van der Waals surface area contributed by atoms with Gasteiger partial charge in [0, 0.05) is 12.5 Å². The van der Waals surface area contributed by atoms with Crippen molar-refractivity contribution in [1.82, 2.24) is 4.90 Å². The zero-order chi connectivity index (χ0) is 15.1. The molecular formula is C15H15F2NO3. The second kappa shape index (κ2) is 5.09. The number of rotatable bonds is 3. The smallest absolute Gasteiger partial charge is 0.326 e. The number of carboxylic acid groups (broad SMARTS) is 1. The van der Waals surface area contributed by atoms with Gasteiger partial charge in [-0.05, 0) is 36.8 Å². The molecule has 3 atom stereocenters. The van der Waals surface area contributed by atoms with E-state index in [1.807, 2.05) is 0 Å². The zero-order valence-corrected chi connectivity index (χ0v) is 11.3. The first-order valence-electron chi connectivity index (χ1n) is 6.98. The van der Waals surface area contributed by atoms with Gasteiger partial charge in [-0.2, -0.15) is 0 Å². The van der Waals surface area contributed by atoms with E-state index in [0.29, 0.717) is 25.8 Å². The molecule has 1 aromatic rings. The van der Waals surface area contributed by atoms with E-state index in [-0.39, 0.29) is 17.4 Å². The van der Waals surface area contributed by atoms with Crippen LogP contribution in [0.4, 0.5) is 8.78 Å². The monoisotopic (exact) mass is 295 g/mol. The number of hydrogen-bond acceptors (Lipinski definition) is 2. The Labute approximate surface area is 120 Å². The Morgan fingerprint density at radius 2 is 2.05 bits per heavy atom. The van der Waals surface area contributed by atoms with Crippen LogP contribution >= 0.6 is 0 Å². The van der Waals surface area contributed by atoms with Crippen LogP contribution in [-0.4, -0.2) is 34.5 Å². The standard InChI is InChI=1S/C15H15F2NO3/c16-11-4-1-3-8(13(11)17)9-7-10(9)14(19)18-6-2-5-12(18)15(20)21/h1,3-4,9-10,12H,2,5-7H2,(H,20,21)/t9?,10?,12-/m1/s1. The summed E-state index contributed by atoms with van der Waals surface area (Å²) in [5.41, 5.74) is 0.208. The van der Waals surface area contributed by atoms with E-state index in [0.717, 1.165) is 6.07 Å². The predicted octanol–water partition coefficient (Wildman–Crippen LogP) is 2.14. The summed E-state index contributed by atoms with van der Waals surface area (Å²) >= 11 is 0. The van der Waals surface area contributed by atoms with Crippen LogP contribution in [-0.2, 0) is 9.59 Å². The van der Waals surface area contributed by atoms with Crippen molar-refractivity contribution in [1.29, 1.82) is 0 Å². The van der Waals surface area contributed by atoms with E-state index in [1.54, 1.807) is 0 Å². The Morgan fingerprint density at radius 1 is 1.29 bits per heavy atom. The fourth-order valence-corrected chi connectivity index (χ4v) is 3.12. The van der Waals surface area contributed by atoms with Gasteiger partial charge >= 0.3 is 5.97 Å². The molecule has 3 rings (SSSR count). The lowest BCUT2D eigenvalue weighted by molar-refractivity contribution is -0.148. The van der Waals surface area contributed by atoms with Crippen molar-refractivity contribution in [3.63, 3.8) is 0 Å². The number of carbonyl (C=O) groups is 2. The lowest BCUT2D eigenvalue weighted by atomic mass is 10.1. The van der Waals surface area contributed by atoms with Gasteiger partial charge in [0.05, 0.1) is 0 Å². The fraction of sp³-hybridized carbons (Fsp3) is 0.467. The van der Waals surface area contributed by atoms with E-state index >= 15 is 0 Å². The molecule has 1 aliphatic heterocycles. The van der Waals surface area contributed by atoms with E-state index < -0.39 is 29.6 Å². The van der Waals surface area contributed by atoms with Crippen LogP contribution in [0.25, 0.3) is 0 Å². The molecule has 1 saturated heterocycles. The average Bonchev–Trinajstić information content (AvgIpc) is 3.07. The van der Waals surface area contributed by atoms with Crippen LogP contribution in [0, 0.1) is 17.6 Å². The molecule has 1 N–H and O–H groups in total. The third kappa shape index (κ3) is 2.39. The Kier molecular flexibility index (Phi) is 3.39. The van der Waals surface area contributed by atoms with Gasteiger partial charge in [0.2, 0.25) is 5.91 Å². The minimum absolute atomic E-state index is 0.208. The lowest BCUT2D eigenvalue weighted by Gasteiger charge is -2.21. The number of amides is 1. The van der Waals surface area contributed by atoms with Gasteiger partial charge in [0.15, 0.2) is 11.6 Å². The highest BCUT2D eigenvalue weighted by molar-refractivity contribution is 5.88. The van der Waals surface area contributed by atoms with Crippen LogP contribution in [0.15, 0.2) is 18.2 Å². The number of likely N-dealkylation sites (tertiary alicyclic amines) is 1. The molecule has 2 unspecified atom stereocenters. The molecule has 0 aromatic heterocycles. The molecule has 1 aromatic carbocycles. The van der Waals surface area contributed by atoms with Crippen molar-refractivity contribution in [2.45, 2.75) is 31.2 Å². The number of benzene rings is 1. The molecule has 0 spiro atoms. The highest BCUT2D eigenvalue weighted by Gasteiger charge is 2.49. The lowest BCUT2D eigenvalue weighted by Crippen LogP contribution is -2.41. The van der Waals surface area contributed by atoms with Crippen molar-refractivity contribution < 1.29 is 23.5 Å². The average molecular weight is 295 g/mol. The number of halogens is 2. The van der Waals surface area contributed by atoms with Gasteiger partial charge in [0.25, 0.3) is 0 Å². The van der Waals surface area contributed by atoms with Gasteiger partial charge in [-0.25, -0.2) is 13.6 Å². The summed E-state index contributed by atoms with van der Waals surface area (Å²) < 4.78 is 26.9. The van der Waals surface area contributed by atoms with E-state index in [2.05, 4.69) is 0 Å². The summed E-state index contributed by atoms with van der Waals surface area (Å²) in [6.45, 7) is 0.421. The molecule has 0 bridgehead atoms. The van der Waals surface area contributed by atoms with Crippen LogP contribution < -0.4 is 0 Å². The maximum absolute atomic E-state index is 13.7. The van der Waals surface area contributed by atoms with Gasteiger partial charge in [-0.1, -0.05) is 12.1 Å². The van der Waals surface area contributed by atoms with Crippen LogP contribution in [0.5, 0.6) is 0 Å². The molecular weight excluding hydrogens is 280 g/mol. The number of aliphatic carboxylic acids is 1. The highest BCUT2D eigenvalue weighted by atomic mass is 19.2. The number of hydrogen-bond donors (Lipinski definition) is 1. The quantitative estimate of drug-likeness (QED) is 0.929. The summed E-state index contributed by atoms with van der Waals surface area (Å²) in [4.78, 5) is 24.8. The molecule has 4 nitrogen and oxygen atoms in total. The normalized spacial score (nSPS) is 27.7. The molecule has 1 saturated carbocycles. The van der Waals surface area contributed by atoms with Crippen molar-refractivity contribution in [2.24, 2.45) is 5.92 Å². The summed E-state index contributed by atoms with van der Waals surface area (Å²) in [6.07, 6.45) is 1.56. The van der Waals surface area contributed by atoms with Crippen molar-refractivity contribution in [3.05, 3.63) is 35.4 Å². The molecule has 2 aliphatic rings. The van der Waals surface area contributed by atoms with Gasteiger partial charge in [-0.3, -0.25) is 4.79 Å². The SMILES string of the molecule is O=C(O)[C@H]1CCCN1C(=O)C1CC1c1cccc(F)c1F. The zero-order valence-electron chi connectivity index (χ0n) is 11.3. The summed E-state index contributed by atoms with van der Waals surface area (Å²) in [7, 11) is 0. The number of carbonyl (C=O) groups excluding carboxylic acids is 1. The molecule has 6 heteroatoms. The first-order chi connectivity index (χ1) is 10.0. The largest absolute Gasteiger partial charge is 0.480 e. The topological polar surface area (TPSA) is 57.6 Å². The molecule has 1 aliphatic carbocycles. The maximum atomic E-state index is 13.7. The van der Waals surface area contributed by atoms with E-state index in [9.17, 15) is 18.4 Å². The molecule has 2 fully saturated rings.